The highest BCUT2D eigenvalue weighted by Crippen LogP contribution is 2.42. The molecule has 3 heterocycles. The maximum Gasteiger partial charge on any atom is 0.333 e. The number of carbonyl (C=O) groups excluding carboxylic acids is 1. The molecule has 0 bridgehead atoms. The number of rotatable bonds is 3. The quantitative estimate of drug-likeness (QED) is 0.747. The van der Waals surface area contributed by atoms with Crippen LogP contribution in [-0.2, 0) is 9.53 Å². The second kappa shape index (κ2) is 7.32. The highest BCUT2D eigenvalue weighted by molar-refractivity contribution is 5.86. The summed E-state index contributed by atoms with van der Waals surface area (Å²) in [5.74, 6) is 1.51. The molecule has 3 aliphatic heterocycles. The molecule has 0 N–H and O–H groups in total. The summed E-state index contributed by atoms with van der Waals surface area (Å²) in [6, 6.07) is 7.85. The Morgan fingerprint density at radius 3 is 2.54 bits per heavy atom. The van der Waals surface area contributed by atoms with Crippen molar-refractivity contribution in [1.29, 1.82) is 0 Å². The van der Waals surface area contributed by atoms with Gasteiger partial charge in [-0.05, 0) is 37.8 Å². The maximum absolute atomic E-state index is 12.0. The van der Waals surface area contributed by atoms with E-state index < -0.39 is 0 Å². The van der Waals surface area contributed by atoms with E-state index in [-0.39, 0.29) is 17.7 Å². The van der Waals surface area contributed by atoms with Crippen molar-refractivity contribution in [3.05, 3.63) is 36.0 Å². The van der Waals surface area contributed by atoms with Crippen LogP contribution in [0.1, 0.15) is 32.1 Å². The van der Waals surface area contributed by atoms with Crippen LogP contribution >= 0.6 is 0 Å². The van der Waals surface area contributed by atoms with Crippen LogP contribution in [-0.4, -0.2) is 66.8 Å². The first-order valence-electron chi connectivity index (χ1n) is 10.5. The van der Waals surface area contributed by atoms with E-state index in [0.29, 0.717) is 6.61 Å². The zero-order valence-electron chi connectivity index (χ0n) is 16.3. The molecule has 2 fully saturated rings. The van der Waals surface area contributed by atoms with Crippen molar-refractivity contribution in [2.45, 2.75) is 43.8 Å². The third-order valence-electron chi connectivity index (χ3n) is 6.42. The largest absolute Gasteiger partial charge is 0.486 e. The topological polar surface area (TPSA) is 51.2 Å². The van der Waals surface area contributed by atoms with Crippen LogP contribution in [0.15, 0.2) is 36.0 Å². The van der Waals surface area contributed by atoms with E-state index in [0.717, 1.165) is 75.6 Å². The average molecular weight is 384 g/mol. The zero-order chi connectivity index (χ0) is 19.0. The number of carbonyl (C=O) groups is 1. The van der Waals surface area contributed by atoms with Crippen LogP contribution in [0.2, 0.25) is 0 Å². The Morgan fingerprint density at radius 2 is 1.75 bits per heavy atom. The first-order valence-corrected chi connectivity index (χ1v) is 10.5. The molecule has 6 heteroatoms. The number of esters is 1. The van der Waals surface area contributed by atoms with Crippen molar-refractivity contribution in [3.8, 4) is 11.5 Å². The summed E-state index contributed by atoms with van der Waals surface area (Å²) in [5.41, 5.74) is 0.782. The van der Waals surface area contributed by atoms with Crippen molar-refractivity contribution in [2.24, 2.45) is 0 Å². The van der Waals surface area contributed by atoms with E-state index in [4.69, 9.17) is 14.2 Å². The molecule has 28 heavy (non-hydrogen) atoms. The van der Waals surface area contributed by atoms with E-state index in [2.05, 4.69) is 9.80 Å². The predicted molar refractivity (Wildman–Crippen MR) is 104 cm³/mol. The number of para-hydroxylation sites is 2. The summed E-state index contributed by atoms with van der Waals surface area (Å²) in [6.07, 6.45) is 7.27. The minimum Gasteiger partial charge on any atom is -0.486 e. The highest BCUT2D eigenvalue weighted by atomic mass is 16.6. The molecule has 1 saturated heterocycles. The molecule has 6 nitrogen and oxygen atoms in total. The van der Waals surface area contributed by atoms with Gasteiger partial charge >= 0.3 is 5.97 Å². The minimum atomic E-state index is -0.346. The minimum absolute atomic E-state index is 0.0572. The fourth-order valence-corrected chi connectivity index (χ4v) is 4.99. The van der Waals surface area contributed by atoms with E-state index in [1.54, 1.807) is 6.08 Å². The number of nitrogens with zero attached hydrogens (tertiary/aromatic N) is 2. The number of hydrogen-bond donors (Lipinski definition) is 0. The molecule has 1 unspecified atom stereocenters. The Hall–Kier alpha value is -2.21. The first kappa shape index (κ1) is 17.9. The normalized spacial score (nSPS) is 26.9. The number of hydrogen-bond acceptors (Lipinski definition) is 6. The second-order valence-electron chi connectivity index (χ2n) is 8.29. The first-order chi connectivity index (χ1) is 13.7. The lowest BCUT2D eigenvalue weighted by atomic mass is 9.82. The van der Waals surface area contributed by atoms with Gasteiger partial charge in [0.15, 0.2) is 17.1 Å². The SMILES string of the molecule is O=C1C=C(N2CCN(CC3COc4ccccc4O3)CC2)C2(CCCCC2)O1. The number of ether oxygens (including phenoxy) is 3. The Kier molecular flexibility index (Phi) is 4.67. The molecule has 150 valence electrons. The Morgan fingerprint density at radius 1 is 1.00 bits per heavy atom. The van der Waals surface area contributed by atoms with Gasteiger partial charge in [-0.25, -0.2) is 4.79 Å². The van der Waals surface area contributed by atoms with Crippen molar-refractivity contribution in [1.82, 2.24) is 9.80 Å². The van der Waals surface area contributed by atoms with Crippen LogP contribution in [0.4, 0.5) is 0 Å². The molecule has 1 aromatic rings. The summed E-state index contributed by atoms with van der Waals surface area (Å²) < 4.78 is 17.8. The van der Waals surface area contributed by atoms with E-state index in [1.165, 1.54) is 6.42 Å². The molecule has 5 rings (SSSR count). The van der Waals surface area contributed by atoms with E-state index in [1.807, 2.05) is 24.3 Å². The third-order valence-corrected chi connectivity index (χ3v) is 6.42. The van der Waals surface area contributed by atoms with Crippen LogP contribution in [0, 0.1) is 0 Å². The fraction of sp³-hybridized carbons (Fsp3) is 0.591. The smallest absolute Gasteiger partial charge is 0.333 e. The average Bonchev–Trinajstić information content (AvgIpc) is 3.04. The molecule has 0 aromatic heterocycles. The van der Waals surface area contributed by atoms with Crippen LogP contribution < -0.4 is 9.47 Å². The van der Waals surface area contributed by atoms with E-state index >= 15 is 0 Å². The monoisotopic (exact) mass is 384 g/mol. The van der Waals surface area contributed by atoms with Gasteiger partial charge in [0.2, 0.25) is 0 Å². The summed E-state index contributed by atoms with van der Waals surface area (Å²) in [5, 5.41) is 0. The molecule has 4 aliphatic rings. The van der Waals surface area contributed by atoms with Gasteiger partial charge < -0.3 is 19.1 Å². The van der Waals surface area contributed by atoms with Crippen molar-refractivity contribution < 1.29 is 19.0 Å². The molecular weight excluding hydrogens is 356 g/mol. The lowest BCUT2D eigenvalue weighted by Gasteiger charge is -2.44. The van der Waals surface area contributed by atoms with Crippen molar-refractivity contribution >= 4 is 5.97 Å². The van der Waals surface area contributed by atoms with Gasteiger partial charge in [0, 0.05) is 38.8 Å². The lowest BCUT2D eigenvalue weighted by molar-refractivity contribution is -0.149. The van der Waals surface area contributed by atoms with Crippen molar-refractivity contribution in [2.75, 3.05) is 39.3 Å². The second-order valence-corrected chi connectivity index (χ2v) is 8.29. The summed E-state index contributed by atoms with van der Waals surface area (Å²) >= 11 is 0. The Labute approximate surface area is 166 Å². The molecule has 1 spiro atoms. The lowest BCUT2D eigenvalue weighted by Crippen LogP contribution is -2.52. The van der Waals surface area contributed by atoms with Crippen LogP contribution in [0.3, 0.4) is 0 Å². The molecule has 1 atom stereocenters. The summed E-state index contributed by atoms with van der Waals surface area (Å²) in [6.45, 7) is 5.23. The van der Waals surface area contributed by atoms with E-state index in [9.17, 15) is 4.79 Å². The van der Waals surface area contributed by atoms with Crippen LogP contribution in [0.5, 0.6) is 11.5 Å². The number of piperazine rings is 1. The Bertz CT molecular complexity index is 764. The fourth-order valence-electron chi connectivity index (χ4n) is 4.99. The van der Waals surface area contributed by atoms with Crippen LogP contribution in [0.25, 0.3) is 0 Å². The van der Waals surface area contributed by atoms with Gasteiger partial charge in [-0.2, -0.15) is 0 Å². The van der Waals surface area contributed by atoms with Gasteiger partial charge in [0.25, 0.3) is 0 Å². The molecule has 0 radical (unpaired) electrons. The van der Waals surface area contributed by atoms with Gasteiger partial charge in [0.1, 0.15) is 12.7 Å². The predicted octanol–water partition coefficient (Wildman–Crippen LogP) is 2.59. The maximum atomic E-state index is 12.0. The number of fused-ring (bicyclic) bond motifs is 1. The summed E-state index contributed by atoms with van der Waals surface area (Å²) in [7, 11) is 0. The van der Waals surface area contributed by atoms with Gasteiger partial charge in [0.05, 0.1) is 5.70 Å². The molecule has 0 amide bonds. The third kappa shape index (κ3) is 3.34. The highest BCUT2D eigenvalue weighted by Gasteiger charge is 2.46. The standard InChI is InChI=1S/C22H28N2O4/c25-21-14-20(22(28-21)8-4-1-5-9-22)24-12-10-23(11-13-24)15-17-16-26-18-6-2-3-7-19(18)27-17/h2-3,6-7,14,17H,1,4-5,8-13,15-16H2. The summed E-state index contributed by atoms with van der Waals surface area (Å²) in [4.78, 5) is 16.8. The molecule has 1 aliphatic carbocycles. The Balaban J connectivity index is 1.18. The number of benzene rings is 1. The van der Waals surface area contributed by atoms with Gasteiger partial charge in [-0.3, -0.25) is 4.90 Å². The van der Waals surface area contributed by atoms with Crippen molar-refractivity contribution in [3.63, 3.8) is 0 Å². The molecule has 1 aromatic carbocycles. The molecule has 1 saturated carbocycles. The molecular formula is C22H28N2O4. The van der Waals surface area contributed by atoms with Gasteiger partial charge in [-0.15, -0.1) is 0 Å². The van der Waals surface area contributed by atoms with Gasteiger partial charge in [-0.1, -0.05) is 18.6 Å². The zero-order valence-corrected chi connectivity index (χ0v) is 16.3.